The van der Waals surface area contributed by atoms with Crippen molar-refractivity contribution in [3.8, 4) is 5.75 Å². The summed E-state index contributed by atoms with van der Waals surface area (Å²) in [6.07, 6.45) is 0. The highest BCUT2D eigenvalue weighted by atomic mass is 16.6. The van der Waals surface area contributed by atoms with Crippen molar-refractivity contribution in [2.24, 2.45) is 16.5 Å². The third-order valence-electron chi connectivity index (χ3n) is 3.37. The van der Waals surface area contributed by atoms with Gasteiger partial charge >= 0.3 is 0 Å². The number of ether oxygens (including phenoxy) is 1. The minimum atomic E-state index is -0.431. The molecule has 2 rings (SSSR count). The summed E-state index contributed by atoms with van der Waals surface area (Å²) in [6.45, 7) is 0.349. The maximum Gasteiger partial charge on any atom is 0.276 e. The third kappa shape index (κ3) is 4.04. The van der Waals surface area contributed by atoms with Gasteiger partial charge in [-0.05, 0) is 35.9 Å². The Hall–Kier alpha value is -2.93. The Morgan fingerprint density at radius 1 is 1.26 bits per heavy atom. The summed E-state index contributed by atoms with van der Waals surface area (Å²) in [7, 11) is 1.61. The molecule has 23 heavy (non-hydrogen) atoms. The topological polar surface area (TPSA) is 117 Å². The normalized spacial score (nSPS) is 11.3. The lowest BCUT2D eigenvalue weighted by atomic mass is 10.1. The Morgan fingerprint density at radius 3 is 2.52 bits per heavy atom. The van der Waals surface area contributed by atoms with Crippen molar-refractivity contribution in [3.63, 3.8) is 0 Å². The van der Waals surface area contributed by atoms with E-state index in [1.807, 2.05) is 0 Å². The molecule has 0 spiro atoms. The number of nitrogens with two attached hydrogens (primary N) is 2. The van der Waals surface area contributed by atoms with Crippen molar-refractivity contribution in [1.82, 2.24) is 0 Å². The number of nitrogens with zero attached hydrogens (tertiary/aromatic N) is 2. The van der Waals surface area contributed by atoms with Gasteiger partial charge in [0.25, 0.3) is 5.69 Å². The molecule has 2 aromatic rings. The summed E-state index contributed by atoms with van der Waals surface area (Å²) in [4.78, 5) is 14.6. The summed E-state index contributed by atoms with van der Waals surface area (Å²) < 4.78 is 5.61. The number of nitro benzene ring substituents is 1. The summed E-state index contributed by atoms with van der Waals surface area (Å²) in [6, 6.07) is 11.9. The number of nitro groups is 1. The maximum absolute atomic E-state index is 11.1. The van der Waals surface area contributed by atoms with E-state index in [-0.39, 0.29) is 18.8 Å². The number of benzene rings is 2. The molecule has 7 nitrogen and oxygen atoms in total. The summed E-state index contributed by atoms with van der Waals surface area (Å²) >= 11 is 0. The standard InChI is InChI=1S/C16H18N4O3/c1-19-16(18)12-4-6-14(7-5-12)23-10-13-3-2-11(9-17)8-15(13)20(21)22/h2-8H,9-10,17H2,1H3,(H2,18,19). The average molecular weight is 314 g/mol. The molecule has 0 aromatic heterocycles. The molecule has 0 unspecified atom stereocenters. The van der Waals surface area contributed by atoms with Crippen LogP contribution in [-0.2, 0) is 13.2 Å². The Balaban J connectivity index is 2.13. The van der Waals surface area contributed by atoms with Gasteiger partial charge < -0.3 is 16.2 Å². The second-order valence-electron chi connectivity index (χ2n) is 4.85. The molecule has 7 heteroatoms. The van der Waals surface area contributed by atoms with Crippen LogP contribution in [0.4, 0.5) is 5.69 Å². The number of rotatable bonds is 6. The molecule has 0 heterocycles. The zero-order valence-corrected chi connectivity index (χ0v) is 12.7. The van der Waals surface area contributed by atoms with Crippen LogP contribution in [0.1, 0.15) is 16.7 Å². The number of hydrogen-bond donors (Lipinski definition) is 2. The SMILES string of the molecule is CN=C(N)c1ccc(OCc2ccc(CN)cc2[N+](=O)[O-])cc1. The number of hydrogen-bond acceptors (Lipinski definition) is 5. The van der Waals surface area contributed by atoms with Gasteiger partial charge in [-0.1, -0.05) is 6.07 Å². The molecule has 4 N–H and O–H groups in total. The molecular formula is C16H18N4O3. The van der Waals surface area contributed by atoms with Gasteiger partial charge in [-0.3, -0.25) is 15.1 Å². The Morgan fingerprint density at radius 2 is 1.96 bits per heavy atom. The van der Waals surface area contributed by atoms with Gasteiger partial charge in [0.1, 0.15) is 18.2 Å². The monoisotopic (exact) mass is 314 g/mol. The van der Waals surface area contributed by atoms with E-state index in [0.717, 1.165) is 5.56 Å². The first-order chi connectivity index (χ1) is 11.0. The Labute approximate surface area is 133 Å². The first-order valence-corrected chi connectivity index (χ1v) is 6.97. The van der Waals surface area contributed by atoms with Crippen molar-refractivity contribution in [3.05, 3.63) is 69.3 Å². The quantitative estimate of drug-likeness (QED) is 0.366. The fraction of sp³-hybridized carbons (Fsp3) is 0.188. The summed E-state index contributed by atoms with van der Waals surface area (Å²) in [5.41, 5.74) is 13.2. The first kappa shape index (κ1) is 16.4. The Bertz CT molecular complexity index is 727. The molecular weight excluding hydrogens is 296 g/mol. The minimum absolute atomic E-state index is 0.00642. The predicted octanol–water partition coefficient (Wildman–Crippen LogP) is 1.97. The lowest BCUT2D eigenvalue weighted by Crippen LogP contribution is -2.12. The van der Waals surface area contributed by atoms with Crippen LogP contribution in [0.15, 0.2) is 47.5 Å². The van der Waals surface area contributed by atoms with Gasteiger partial charge in [-0.2, -0.15) is 0 Å². The van der Waals surface area contributed by atoms with Gasteiger partial charge in [-0.25, -0.2) is 0 Å². The minimum Gasteiger partial charge on any atom is -0.489 e. The molecule has 0 fully saturated rings. The van der Waals surface area contributed by atoms with Crippen molar-refractivity contribution in [1.29, 1.82) is 0 Å². The van der Waals surface area contributed by atoms with Crippen molar-refractivity contribution >= 4 is 11.5 Å². The van der Waals surface area contributed by atoms with Crippen LogP contribution in [0.2, 0.25) is 0 Å². The van der Waals surface area contributed by atoms with Crippen LogP contribution in [0, 0.1) is 10.1 Å². The van der Waals surface area contributed by atoms with Crippen molar-refractivity contribution in [2.45, 2.75) is 13.2 Å². The van der Waals surface area contributed by atoms with Crippen LogP contribution in [0.5, 0.6) is 5.75 Å². The average Bonchev–Trinajstić information content (AvgIpc) is 2.59. The lowest BCUT2D eigenvalue weighted by Gasteiger charge is -2.08. The molecule has 0 radical (unpaired) electrons. The lowest BCUT2D eigenvalue weighted by molar-refractivity contribution is -0.385. The smallest absolute Gasteiger partial charge is 0.276 e. The highest BCUT2D eigenvalue weighted by molar-refractivity contribution is 5.97. The van der Waals surface area contributed by atoms with E-state index in [2.05, 4.69) is 4.99 Å². The highest BCUT2D eigenvalue weighted by Crippen LogP contribution is 2.22. The molecule has 2 aromatic carbocycles. The fourth-order valence-corrected chi connectivity index (χ4v) is 2.04. The van der Waals surface area contributed by atoms with Crippen LogP contribution in [0.3, 0.4) is 0 Å². The number of amidine groups is 1. The van der Waals surface area contributed by atoms with Crippen molar-refractivity contribution < 1.29 is 9.66 Å². The van der Waals surface area contributed by atoms with Crippen LogP contribution < -0.4 is 16.2 Å². The van der Waals surface area contributed by atoms with E-state index in [9.17, 15) is 10.1 Å². The van der Waals surface area contributed by atoms with Crippen LogP contribution in [-0.4, -0.2) is 17.8 Å². The fourth-order valence-electron chi connectivity index (χ4n) is 2.04. The zero-order valence-electron chi connectivity index (χ0n) is 12.7. The summed E-state index contributed by atoms with van der Waals surface area (Å²) in [5, 5.41) is 11.1. The second kappa shape index (κ2) is 7.37. The Kier molecular flexibility index (Phi) is 5.27. The molecule has 0 aliphatic rings. The van der Waals surface area contributed by atoms with Gasteiger partial charge in [0.15, 0.2) is 0 Å². The highest BCUT2D eigenvalue weighted by Gasteiger charge is 2.14. The van der Waals surface area contributed by atoms with Gasteiger partial charge in [0, 0.05) is 25.2 Å². The summed E-state index contributed by atoms with van der Waals surface area (Å²) in [5.74, 6) is 1.03. The first-order valence-electron chi connectivity index (χ1n) is 6.97. The van der Waals surface area contributed by atoms with E-state index in [0.29, 0.717) is 22.7 Å². The largest absolute Gasteiger partial charge is 0.489 e. The van der Waals surface area contributed by atoms with Gasteiger partial charge in [0.05, 0.1) is 10.5 Å². The zero-order chi connectivity index (χ0) is 16.8. The molecule has 0 bridgehead atoms. The molecule has 0 aliphatic carbocycles. The molecule has 0 amide bonds. The van der Waals surface area contributed by atoms with E-state index in [1.54, 1.807) is 43.4 Å². The van der Waals surface area contributed by atoms with Crippen LogP contribution >= 0.6 is 0 Å². The molecule has 0 saturated heterocycles. The van der Waals surface area contributed by atoms with Gasteiger partial charge in [0.2, 0.25) is 0 Å². The number of aliphatic imine (C=N–C) groups is 1. The van der Waals surface area contributed by atoms with Gasteiger partial charge in [-0.15, -0.1) is 0 Å². The molecule has 120 valence electrons. The molecule has 0 aliphatic heterocycles. The maximum atomic E-state index is 11.1. The van der Waals surface area contributed by atoms with E-state index in [1.165, 1.54) is 6.07 Å². The van der Waals surface area contributed by atoms with E-state index >= 15 is 0 Å². The van der Waals surface area contributed by atoms with Crippen LogP contribution in [0.25, 0.3) is 0 Å². The predicted molar refractivity (Wildman–Crippen MR) is 88.4 cm³/mol. The second-order valence-corrected chi connectivity index (χ2v) is 4.85. The van der Waals surface area contributed by atoms with E-state index in [4.69, 9.17) is 16.2 Å². The molecule has 0 saturated carbocycles. The molecule has 0 atom stereocenters. The van der Waals surface area contributed by atoms with Crippen molar-refractivity contribution in [2.75, 3.05) is 7.05 Å². The third-order valence-corrected chi connectivity index (χ3v) is 3.37. The van der Waals surface area contributed by atoms with E-state index < -0.39 is 4.92 Å².